The average Bonchev–Trinajstić information content (AvgIpc) is 2.52. The van der Waals surface area contributed by atoms with Gasteiger partial charge in [0.15, 0.2) is 0 Å². The van der Waals surface area contributed by atoms with Gasteiger partial charge in [-0.1, -0.05) is 23.8 Å². The molecule has 0 unspecified atom stereocenters. The number of benzene rings is 2. The zero-order valence-corrected chi connectivity index (χ0v) is 13.0. The molecule has 0 saturated heterocycles. The second-order valence-corrected chi connectivity index (χ2v) is 5.57. The molecule has 0 aliphatic rings. The largest absolute Gasteiger partial charge is 0.497 e. The fraction of sp³-hybridized carbons (Fsp3) is 0.211. The minimum atomic E-state index is 0.0108. The highest BCUT2D eigenvalue weighted by Gasteiger charge is 2.11. The van der Waals surface area contributed by atoms with Crippen molar-refractivity contribution in [3.8, 4) is 5.75 Å². The molecule has 3 aromatic rings. The number of hydrogen-bond donors (Lipinski definition) is 0. The lowest BCUT2D eigenvalue weighted by molar-refractivity contribution is 0.414. The van der Waals surface area contributed by atoms with E-state index in [1.165, 1.54) is 5.57 Å². The fourth-order valence-electron chi connectivity index (χ4n) is 2.56. The van der Waals surface area contributed by atoms with Crippen LogP contribution in [0.5, 0.6) is 5.75 Å². The van der Waals surface area contributed by atoms with Crippen LogP contribution in [-0.4, -0.2) is 7.11 Å². The van der Waals surface area contributed by atoms with Crippen molar-refractivity contribution in [2.24, 2.45) is 0 Å². The summed E-state index contributed by atoms with van der Waals surface area (Å²) in [5.74, 6) is 0.677. The SMILES string of the molecule is COc1ccc2c(=O)c3c(CC=C(C)C)cccc3oc2c1. The number of allylic oxidation sites excluding steroid dienone is 2. The highest BCUT2D eigenvalue weighted by Crippen LogP contribution is 2.24. The van der Waals surface area contributed by atoms with E-state index in [2.05, 4.69) is 19.9 Å². The summed E-state index contributed by atoms with van der Waals surface area (Å²) in [4.78, 5) is 12.8. The summed E-state index contributed by atoms with van der Waals surface area (Å²) in [6.45, 7) is 4.10. The summed E-state index contributed by atoms with van der Waals surface area (Å²) in [6.07, 6.45) is 2.85. The molecule has 1 heterocycles. The summed E-state index contributed by atoms with van der Waals surface area (Å²) in [7, 11) is 1.60. The van der Waals surface area contributed by atoms with Gasteiger partial charge in [0.25, 0.3) is 0 Å². The van der Waals surface area contributed by atoms with Crippen LogP contribution in [0.15, 0.2) is 57.3 Å². The van der Waals surface area contributed by atoms with Crippen LogP contribution in [0.1, 0.15) is 19.4 Å². The van der Waals surface area contributed by atoms with Gasteiger partial charge < -0.3 is 9.15 Å². The third-order valence-electron chi connectivity index (χ3n) is 3.72. The van der Waals surface area contributed by atoms with Gasteiger partial charge >= 0.3 is 0 Å². The van der Waals surface area contributed by atoms with Gasteiger partial charge in [0.05, 0.1) is 17.9 Å². The van der Waals surface area contributed by atoms with E-state index >= 15 is 0 Å². The molecule has 0 atom stereocenters. The van der Waals surface area contributed by atoms with Crippen LogP contribution in [0.25, 0.3) is 21.9 Å². The summed E-state index contributed by atoms with van der Waals surface area (Å²) in [5, 5.41) is 1.25. The summed E-state index contributed by atoms with van der Waals surface area (Å²) in [6, 6.07) is 11.0. The molecule has 0 amide bonds. The topological polar surface area (TPSA) is 39.4 Å². The van der Waals surface area contributed by atoms with E-state index in [1.54, 1.807) is 25.3 Å². The maximum atomic E-state index is 12.8. The van der Waals surface area contributed by atoms with Gasteiger partial charge in [-0.05, 0) is 44.0 Å². The quantitative estimate of drug-likeness (QED) is 0.528. The molecule has 22 heavy (non-hydrogen) atoms. The maximum absolute atomic E-state index is 12.8. The van der Waals surface area contributed by atoms with Gasteiger partial charge in [0.2, 0.25) is 5.43 Å². The predicted octanol–water partition coefficient (Wildman–Crippen LogP) is 4.46. The molecule has 112 valence electrons. The monoisotopic (exact) mass is 294 g/mol. The third kappa shape index (κ3) is 2.50. The Labute approximate surface area is 128 Å². The second-order valence-electron chi connectivity index (χ2n) is 5.57. The van der Waals surface area contributed by atoms with Gasteiger partial charge in [-0.2, -0.15) is 0 Å². The van der Waals surface area contributed by atoms with Gasteiger partial charge in [-0.15, -0.1) is 0 Å². The van der Waals surface area contributed by atoms with Crippen LogP contribution in [-0.2, 0) is 6.42 Å². The van der Waals surface area contributed by atoms with Crippen molar-refractivity contribution in [2.75, 3.05) is 7.11 Å². The molecule has 1 aromatic heterocycles. The highest BCUT2D eigenvalue weighted by atomic mass is 16.5. The normalized spacial score (nSPS) is 10.9. The number of hydrogen-bond acceptors (Lipinski definition) is 3. The van der Waals surface area contributed by atoms with Gasteiger partial charge in [0, 0.05) is 6.07 Å². The van der Waals surface area contributed by atoms with E-state index in [9.17, 15) is 4.79 Å². The number of rotatable bonds is 3. The Morgan fingerprint density at radius 1 is 1.18 bits per heavy atom. The molecular weight excluding hydrogens is 276 g/mol. The summed E-state index contributed by atoms with van der Waals surface area (Å²) in [5.41, 5.74) is 3.40. The molecule has 0 aliphatic heterocycles. The molecule has 3 nitrogen and oxygen atoms in total. The van der Waals surface area contributed by atoms with Crippen molar-refractivity contribution in [3.05, 3.63) is 63.8 Å². The molecule has 0 spiro atoms. The molecule has 0 bridgehead atoms. The van der Waals surface area contributed by atoms with Crippen LogP contribution < -0.4 is 10.2 Å². The smallest absolute Gasteiger partial charge is 0.200 e. The maximum Gasteiger partial charge on any atom is 0.200 e. The van der Waals surface area contributed by atoms with E-state index in [0.717, 1.165) is 12.0 Å². The minimum Gasteiger partial charge on any atom is -0.497 e. The first-order chi connectivity index (χ1) is 10.6. The molecule has 0 aliphatic carbocycles. The van der Waals surface area contributed by atoms with E-state index in [-0.39, 0.29) is 5.43 Å². The Balaban J connectivity index is 2.31. The Bertz CT molecular complexity index is 928. The van der Waals surface area contributed by atoms with Crippen LogP contribution in [0.4, 0.5) is 0 Å². The first kappa shape index (κ1) is 14.4. The third-order valence-corrected chi connectivity index (χ3v) is 3.72. The van der Waals surface area contributed by atoms with Crippen LogP contribution >= 0.6 is 0 Å². The van der Waals surface area contributed by atoms with Gasteiger partial charge in [-0.3, -0.25) is 4.79 Å². The Kier molecular flexibility index (Phi) is 3.72. The van der Waals surface area contributed by atoms with Crippen molar-refractivity contribution >= 4 is 21.9 Å². The van der Waals surface area contributed by atoms with Crippen molar-refractivity contribution in [1.82, 2.24) is 0 Å². The first-order valence-corrected chi connectivity index (χ1v) is 7.26. The number of ether oxygens (including phenoxy) is 1. The van der Waals surface area contributed by atoms with Crippen molar-refractivity contribution in [1.29, 1.82) is 0 Å². The lowest BCUT2D eigenvalue weighted by atomic mass is 10.0. The molecule has 0 fully saturated rings. The second kappa shape index (κ2) is 5.68. The Hall–Kier alpha value is -2.55. The molecule has 0 saturated carbocycles. The Morgan fingerprint density at radius 3 is 2.73 bits per heavy atom. The van der Waals surface area contributed by atoms with E-state index in [0.29, 0.717) is 27.7 Å². The van der Waals surface area contributed by atoms with E-state index in [1.807, 2.05) is 18.2 Å². The zero-order valence-electron chi connectivity index (χ0n) is 13.0. The molecule has 0 radical (unpaired) electrons. The van der Waals surface area contributed by atoms with Gasteiger partial charge in [-0.25, -0.2) is 0 Å². The summed E-state index contributed by atoms with van der Waals surface area (Å²) < 4.78 is 11.1. The zero-order chi connectivity index (χ0) is 15.7. The average molecular weight is 294 g/mol. The van der Waals surface area contributed by atoms with Gasteiger partial charge in [0.1, 0.15) is 16.9 Å². The van der Waals surface area contributed by atoms with Crippen molar-refractivity contribution in [2.45, 2.75) is 20.3 Å². The van der Waals surface area contributed by atoms with Crippen LogP contribution in [0, 0.1) is 0 Å². The molecule has 2 aromatic carbocycles. The number of fused-ring (bicyclic) bond motifs is 2. The summed E-state index contributed by atoms with van der Waals surface area (Å²) >= 11 is 0. The van der Waals surface area contributed by atoms with Crippen LogP contribution in [0.2, 0.25) is 0 Å². The lowest BCUT2D eigenvalue weighted by Gasteiger charge is -2.07. The van der Waals surface area contributed by atoms with Crippen molar-refractivity contribution in [3.63, 3.8) is 0 Å². The standard InChI is InChI=1S/C19H18O3/c1-12(2)7-8-13-5-4-6-16-18(13)19(20)15-10-9-14(21-3)11-17(15)22-16/h4-7,9-11H,8H2,1-3H3. The predicted molar refractivity (Wildman–Crippen MR) is 89.7 cm³/mol. The molecule has 3 rings (SSSR count). The first-order valence-electron chi connectivity index (χ1n) is 7.26. The molecular formula is C19H18O3. The van der Waals surface area contributed by atoms with Crippen molar-refractivity contribution < 1.29 is 9.15 Å². The molecule has 0 N–H and O–H groups in total. The molecule has 3 heteroatoms. The number of methoxy groups -OCH3 is 1. The van der Waals surface area contributed by atoms with Crippen LogP contribution in [0.3, 0.4) is 0 Å². The minimum absolute atomic E-state index is 0.0108. The van der Waals surface area contributed by atoms with E-state index in [4.69, 9.17) is 9.15 Å². The Morgan fingerprint density at radius 2 is 2.00 bits per heavy atom. The lowest BCUT2D eigenvalue weighted by Crippen LogP contribution is -2.05. The highest BCUT2D eigenvalue weighted by molar-refractivity contribution is 5.92. The fourth-order valence-corrected chi connectivity index (χ4v) is 2.56. The van der Waals surface area contributed by atoms with E-state index < -0.39 is 0 Å².